The van der Waals surface area contributed by atoms with Crippen LogP contribution in [0.1, 0.15) is 28.4 Å². The molecule has 0 saturated heterocycles. The Morgan fingerprint density at radius 1 is 1.19 bits per heavy atom. The molecule has 1 aliphatic heterocycles. The molecule has 2 aromatic carbocycles. The van der Waals surface area contributed by atoms with Gasteiger partial charge in [-0.15, -0.1) is 0 Å². The molecule has 2 aromatic rings. The first kappa shape index (κ1) is 19.0. The minimum atomic E-state index is -4.53. The van der Waals surface area contributed by atoms with Crippen LogP contribution < -0.4 is 9.47 Å². The summed E-state index contributed by atoms with van der Waals surface area (Å²) in [5.74, 6) is -0.326. The Hall–Kier alpha value is -2.74. The highest BCUT2D eigenvalue weighted by Gasteiger charge is 2.42. The lowest BCUT2D eigenvalue weighted by atomic mass is 10.0. The van der Waals surface area contributed by atoms with Crippen LogP contribution in [0.15, 0.2) is 47.6 Å². The van der Waals surface area contributed by atoms with E-state index in [0.717, 1.165) is 0 Å². The van der Waals surface area contributed by atoms with E-state index in [2.05, 4.69) is 5.16 Å². The quantitative estimate of drug-likeness (QED) is 0.539. The number of methoxy groups -OCH3 is 1. The van der Waals surface area contributed by atoms with Crippen LogP contribution in [0.3, 0.4) is 0 Å². The van der Waals surface area contributed by atoms with Gasteiger partial charge in [0, 0.05) is 11.4 Å². The average Bonchev–Trinajstić information content (AvgIpc) is 3.13. The summed E-state index contributed by atoms with van der Waals surface area (Å²) in [5, 5.41) is 3.57. The number of ether oxygens (including phenoxy) is 2. The zero-order valence-corrected chi connectivity index (χ0v) is 14.7. The number of halogens is 4. The summed E-state index contributed by atoms with van der Waals surface area (Å²) in [6.45, 7) is 0. The molecule has 0 bridgehead atoms. The Labute approximate surface area is 157 Å². The fourth-order valence-corrected chi connectivity index (χ4v) is 2.56. The van der Waals surface area contributed by atoms with Crippen molar-refractivity contribution in [1.82, 2.24) is 0 Å². The summed E-state index contributed by atoms with van der Waals surface area (Å²) in [5.41, 5.74) is -0.279. The van der Waals surface area contributed by atoms with Gasteiger partial charge in [0.15, 0.2) is 23.3 Å². The SMILES string of the molecule is COc1cc(C2CC(C(F)(F)F)=NO2)ccc1OC(=O)c1ccc(Cl)cc1. The van der Waals surface area contributed by atoms with Crippen LogP contribution in [0.2, 0.25) is 5.02 Å². The first-order valence-corrected chi connectivity index (χ1v) is 8.11. The second kappa shape index (κ2) is 7.48. The lowest BCUT2D eigenvalue weighted by Crippen LogP contribution is -2.21. The maximum absolute atomic E-state index is 12.7. The summed E-state index contributed by atoms with van der Waals surface area (Å²) in [6, 6.07) is 10.5. The van der Waals surface area contributed by atoms with Crippen molar-refractivity contribution in [1.29, 1.82) is 0 Å². The molecule has 0 aliphatic carbocycles. The number of hydrogen-bond acceptors (Lipinski definition) is 5. The van der Waals surface area contributed by atoms with Gasteiger partial charge in [-0.25, -0.2) is 4.79 Å². The van der Waals surface area contributed by atoms with Crippen LogP contribution >= 0.6 is 11.6 Å². The van der Waals surface area contributed by atoms with Gasteiger partial charge in [0.1, 0.15) is 0 Å². The lowest BCUT2D eigenvalue weighted by Gasteiger charge is -2.14. The molecule has 27 heavy (non-hydrogen) atoms. The number of benzene rings is 2. The van der Waals surface area contributed by atoms with Crippen molar-refractivity contribution in [2.75, 3.05) is 7.11 Å². The van der Waals surface area contributed by atoms with Crippen LogP contribution in [0.5, 0.6) is 11.5 Å². The third-order valence-electron chi connectivity index (χ3n) is 3.84. The van der Waals surface area contributed by atoms with Gasteiger partial charge < -0.3 is 14.3 Å². The van der Waals surface area contributed by atoms with E-state index in [1.54, 1.807) is 12.1 Å². The van der Waals surface area contributed by atoms with Crippen LogP contribution in [-0.2, 0) is 4.84 Å². The number of carbonyl (C=O) groups excluding carboxylic acids is 1. The van der Waals surface area contributed by atoms with Crippen molar-refractivity contribution < 1.29 is 32.3 Å². The summed E-state index contributed by atoms with van der Waals surface area (Å²) in [6.07, 6.45) is -5.83. The predicted octanol–water partition coefficient (Wildman–Crippen LogP) is 4.95. The molecule has 0 amide bonds. The van der Waals surface area contributed by atoms with Crippen molar-refractivity contribution in [2.45, 2.75) is 18.7 Å². The molecule has 0 saturated carbocycles. The number of esters is 1. The van der Waals surface area contributed by atoms with Crippen molar-refractivity contribution in [3.8, 4) is 11.5 Å². The van der Waals surface area contributed by atoms with E-state index in [-0.39, 0.29) is 17.1 Å². The molecule has 1 heterocycles. The molecule has 5 nitrogen and oxygen atoms in total. The van der Waals surface area contributed by atoms with Gasteiger partial charge in [-0.05, 0) is 42.0 Å². The molecular weight excluding hydrogens is 387 g/mol. The minimum Gasteiger partial charge on any atom is -0.493 e. The molecule has 1 unspecified atom stereocenters. The van der Waals surface area contributed by atoms with E-state index in [4.69, 9.17) is 25.9 Å². The van der Waals surface area contributed by atoms with Crippen LogP contribution in [0.25, 0.3) is 0 Å². The maximum Gasteiger partial charge on any atom is 0.432 e. The Morgan fingerprint density at radius 2 is 1.89 bits per heavy atom. The summed E-state index contributed by atoms with van der Waals surface area (Å²) in [7, 11) is 1.35. The Bertz CT molecular complexity index is 881. The fourth-order valence-electron chi connectivity index (χ4n) is 2.44. The van der Waals surface area contributed by atoms with Gasteiger partial charge in [-0.1, -0.05) is 22.8 Å². The Morgan fingerprint density at radius 3 is 2.48 bits per heavy atom. The third kappa shape index (κ3) is 4.33. The molecule has 0 radical (unpaired) electrons. The van der Waals surface area contributed by atoms with E-state index in [1.165, 1.54) is 37.4 Å². The van der Waals surface area contributed by atoms with Crippen LogP contribution in [0, 0.1) is 0 Å². The monoisotopic (exact) mass is 399 g/mol. The van der Waals surface area contributed by atoms with E-state index in [9.17, 15) is 18.0 Å². The molecule has 1 atom stereocenters. The lowest BCUT2D eigenvalue weighted by molar-refractivity contribution is -0.0604. The number of nitrogens with zero attached hydrogens (tertiary/aromatic N) is 1. The topological polar surface area (TPSA) is 57.1 Å². The average molecular weight is 400 g/mol. The number of alkyl halides is 3. The third-order valence-corrected chi connectivity index (χ3v) is 4.09. The predicted molar refractivity (Wildman–Crippen MR) is 91.3 cm³/mol. The van der Waals surface area contributed by atoms with E-state index in [1.807, 2.05) is 0 Å². The largest absolute Gasteiger partial charge is 0.493 e. The Balaban J connectivity index is 1.75. The smallest absolute Gasteiger partial charge is 0.432 e. The molecule has 0 aromatic heterocycles. The van der Waals surface area contributed by atoms with Gasteiger partial charge in [0.2, 0.25) is 0 Å². The van der Waals surface area contributed by atoms with Gasteiger partial charge in [0.25, 0.3) is 0 Å². The van der Waals surface area contributed by atoms with E-state index < -0.39 is 30.4 Å². The van der Waals surface area contributed by atoms with Gasteiger partial charge in [-0.3, -0.25) is 0 Å². The van der Waals surface area contributed by atoms with Crippen LogP contribution in [0.4, 0.5) is 13.2 Å². The molecule has 9 heteroatoms. The molecule has 3 rings (SSSR count). The summed E-state index contributed by atoms with van der Waals surface area (Å²) in [4.78, 5) is 17.1. The normalized spacial score (nSPS) is 16.5. The molecule has 0 N–H and O–H groups in total. The summed E-state index contributed by atoms with van der Waals surface area (Å²) >= 11 is 5.78. The van der Waals surface area contributed by atoms with Crippen molar-refractivity contribution in [3.05, 3.63) is 58.6 Å². The van der Waals surface area contributed by atoms with Gasteiger partial charge in [-0.2, -0.15) is 13.2 Å². The number of hydrogen-bond donors (Lipinski definition) is 0. The highest BCUT2D eigenvalue weighted by molar-refractivity contribution is 6.30. The second-order valence-corrected chi connectivity index (χ2v) is 6.08. The van der Waals surface area contributed by atoms with Gasteiger partial charge >= 0.3 is 12.1 Å². The molecule has 142 valence electrons. The highest BCUT2D eigenvalue weighted by atomic mass is 35.5. The zero-order chi connectivity index (χ0) is 19.6. The van der Waals surface area contributed by atoms with E-state index >= 15 is 0 Å². The first-order valence-electron chi connectivity index (χ1n) is 7.73. The maximum atomic E-state index is 12.7. The number of carbonyl (C=O) groups is 1. The van der Waals surface area contributed by atoms with E-state index in [0.29, 0.717) is 10.6 Å². The minimum absolute atomic E-state index is 0.121. The first-order chi connectivity index (χ1) is 12.8. The summed E-state index contributed by atoms with van der Waals surface area (Å²) < 4.78 is 48.5. The molecule has 1 aliphatic rings. The fraction of sp³-hybridized carbons (Fsp3) is 0.222. The number of oxime groups is 1. The molecular formula is C18H13ClF3NO4. The zero-order valence-electron chi connectivity index (χ0n) is 13.9. The highest BCUT2D eigenvalue weighted by Crippen LogP contribution is 2.37. The van der Waals surface area contributed by atoms with Crippen LogP contribution in [-0.4, -0.2) is 25.0 Å². The second-order valence-electron chi connectivity index (χ2n) is 5.64. The molecule has 0 fully saturated rings. The van der Waals surface area contributed by atoms with Crippen molar-refractivity contribution in [2.24, 2.45) is 5.16 Å². The standard InChI is InChI=1S/C18H13ClF3NO4/c1-25-15-8-11(14-9-16(23-27-14)18(20,21)22)4-7-13(15)26-17(24)10-2-5-12(19)6-3-10/h2-8,14H,9H2,1H3. The molecule has 0 spiro atoms. The Kier molecular flexibility index (Phi) is 5.27. The van der Waals surface area contributed by atoms with Gasteiger partial charge in [0.05, 0.1) is 12.7 Å². The van der Waals surface area contributed by atoms with Crippen molar-refractivity contribution >= 4 is 23.3 Å². The van der Waals surface area contributed by atoms with Crippen molar-refractivity contribution in [3.63, 3.8) is 0 Å². The number of rotatable bonds is 4.